The summed E-state index contributed by atoms with van der Waals surface area (Å²) in [7, 11) is 0. The van der Waals surface area contributed by atoms with Crippen molar-refractivity contribution in [3.05, 3.63) is 40.9 Å². The number of unbranched alkanes of at least 4 members (excludes halogenated alkanes) is 3. The molecule has 0 saturated heterocycles. The summed E-state index contributed by atoms with van der Waals surface area (Å²) in [6.07, 6.45) is 8.65. The van der Waals surface area contributed by atoms with Gasteiger partial charge in [0.2, 0.25) is 0 Å². The number of imidazole rings is 1. The van der Waals surface area contributed by atoms with Crippen LogP contribution in [0.5, 0.6) is 0 Å². The minimum absolute atomic E-state index is 0.0450. The van der Waals surface area contributed by atoms with Crippen LogP contribution in [-0.4, -0.2) is 51.1 Å². The highest BCUT2D eigenvalue weighted by atomic mass is 16.8. The summed E-state index contributed by atoms with van der Waals surface area (Å²) in [6.45, 7) is 10.7. The highest BCUT2D eigenvalue weighted by molar-refractivity contribution is 5.79. The van der Waals surface area contributed by atoms with Crippen molar-refractivity contribution in [1.82, 2.24) is 19.7 Å². The van der Waals surface area contributed by atoms with Gasteiger partial charge in [-0.15, -0.1) is 0 Å². The van der Waals surface area contributed by atoms with Crippen LogP contribution in [0.25, 0.3) is 17.1 Å². The first kappa shape index (κ1) is 21.6. The topological polar surface area (TPSA) is 67.6 Å². The Labute approximate surface area is 162 Å². The Hall–Kier alpha value is -1.73. The number of nitrogens with zero attached hydrogens (tertiary/aromatic N) is 4. The van der Waals surface area contributed by atoms with Crippen molar-refractivity contribution in [2.45, 2.75) is 53.0 Å². The van der Waals surface area contributed by atoms with Crippen LogP contribution in [0.1, 0.15) is 50.9 Å². The maximum Gasteiger partial charge on any atom is 0.106 e. The monoisotopic (exact) mass is 373 g/mol. The largest absolute Gasteiger partial charge is 0.762 e. The van der Waals surface area contributed by atoms with Gasteiger partial charge in [-0.25, -0.2) is 4.98 Å². The molecule has 1 N–H and O–H groups in total. The number of fused-ring (bicyclic) bond motifs is 1. The zero-order valence-electron chi connectivity index (χ0n) is 16.9. The highest BCUT2D eigenvalue weighted by Gasteiger charge is 2.09. The first-order valence-corrected chi connectivity index (χ1v) is 10.0. The van der Waals surface area contributed by atoms with Crippen LogP contribution >= 0.6 is 0 Å². The second kappa shape index (κ2) is 11.2. The van der Waals surface area contributed by atoms with Gasteiger partial charge < -0.3 is 19.9 Å². The summed E-state index contributed by atoms with van der Waals surface area (Å²) in [5.74, 6) is 1.02. The van der Waals surface area contributed by atoms with Crippen molar-refractivity contribution in [3.8, 4) is 0 Å². The number of rotatable bonds is 12. The third-order valence-electron chi connectivity index (χ3n) is 4.95. The molecule has 0 amide bonds. The maximum atomic E-state index is 10.5. The quantitative estimate of drug-likeness (QED) is 0.440. The van der Waals surface area contributed by atoms with Crippen molar-refractivity contribution in [1.29, 1.82) is 0 Å². The minimum atomic E-state index is -0.0877. The van der Waals surface area contributed by atoms with Crippen molar-refractivity contribution in [3.63, 3.8) is 0 Å². The first-order chi connectivity index (χ1) is 13.0. The Balaban J connectivity index is 2.01. The third-order valence-corrected chi connectivity index (χ3v) is 4.95. The number of hydroxylamine groups is 2. The van der Waals surface area contributed by atoms with Crippen LogP contribution in [0.4, 0.5) is 0 Å². The molecule has 0 radical (unpaired) electrons. The molecule has 1 aromatic carbocycles. The van der Waals surface area contributed by atoms with E-state index in [4.69, 9.17) is 10.2 Å². The summed E-state index contributed by atoms with van der Waals surface area (Å²) in [5, 5.41) is 19.1. The molecule has 1 heterocycles. The predicted molar refractivity (Wildman–Crippen MR) is 112 cm³/mol. The fourth-order valence-corrected chi connectivity index (χ4v) is 3.36. The molecule has 0 spiro atoms. The van der Waals surface area contributed by atoms with E-state index in [9.17, 15) is 5.21 Å². The smallest absolute Gasteiger partial charge is 0.106 e. The molecule has 27 heavy (non-hydrogen) atoms. The Bertz CT molecular complexity index is 724. The number of aromatic nitrogens is 2. The summed E-state index contributed by atoms with van der Waals surface area (Å²) in [4.78, 5) is 7.21. The molecule has 0 atom stereocenters. The van der Waals surface area contributed by atoms with Crippen LogP contribution in [0.3, 0.4) is 0 Å². The van der Waals surface area contributed by atoms with Crippen LogP contribution in [-0.2, 0) is 6.54 Å². The molecule has 1 aromatic heterocycles. The van der Waals surface area contributed by atoms with E-state index in [1.165, 1.54) is 32.2 Å². The molecule has 6 nitrogen and oxygen atoms in total. The van der Waals surface area contributed by atoms with Gasteiger partial charge in [-0.3, -0.25) is 5.23 Å². The minimum Gasteiger partial charge on any atom is -0.762 e. The Morgan fingerprint density at radius 3 is 2.70 bits per heavy atom. The van der Waals surface area contributed by atoms with E-state index in [2.05, 4.69) is 29.4 Å². The molecule has 150 valence electrons. The molecule has 0 unspecified atom stereocenters. The van der Waals surface area contributed by atoms with Crippen LogP contribution < -0.4 is 0 Å². The average molecular weight is 374 g/mol. The highest BCUT2D eigenvalue weighted by Crippen LogP contribution is 2.19. The lowest BCUT2D eigenvalue weighted by molar-refractivity contribution is -0.0286. The Morgan fingerprint density at radius 2 is 2.00 bits per heavy atom. The van der Waals surface area contributed by atoms with E-state index in [1.54, 1.807) is 6.08 Å². The number of benzene rings is 1. The molecule has 2 aromatic rings. The molecule has 2 rings (SSSR count). The van der Waals surface area contributed by atoms with Crippen molar-refractivity contribution in [2.24, 2.45) is 0 Å². The van der Waals surface area contributed by atoms with Crippen molar-refractivity contribution >= 4 is 17.1 Å². The van der Waals surface area contributed by atoms with E-state index >= 15 is 0 Å². The lowest BCUT2D eigenvalue weighted by Gasteiger charge is -2.21. The lowest BCUT2D eigenvalue weighted by atomic mass is 10.2. The molecular weight excluding hydrogens is 340 g/mol. The van der Waals surface area contributed by atoms with Gasteiger partial charge >= 0.3 is 0 Å². The van der Waals surface area contributed by atoms with E-state index in [0.717, 1.165) is 42.1 Å². The van der Waals surface area contributed by atoms with E-state index in [0.29, 0.717) is 0 Å². The Kier molecular flexibility index (Phi) is 8.94. The molecule has 0 bridgehead atoms. The van der Waals surface area contributed by atoms with Gasteiger partial charge in [-0.1, -0.05) is 51.3 Å². The van der Waals surface area contributed by atoms with Gasteiger partial charge in [0.15, 0.2) is 0 Å². The molecule has 6 heteroatoms. The fraction of sp³-hybridized carbons (Fsp3) is 0.571. The summed E-state index contributed by atoms with van der Waals surface area (Å²) in [5.41, 5.74) is 3.07. The van der Waals surface area contributed by atoms with Crippen LogP contribution in [0, 0.1) is 12.1 Å². The fourth-order valence-electron chi connectivity index (χ4n) is 3.36. The first-order valence-electron chi connectivity index (χ1n) is 10.0. The van der Waals surface area contributed by atoms with Gasteiger partial charge in [-0.2, -0.15) is 0 Å². The second-order valence-corrected chi connectivity index (χ2v) is 6.99. The normalized spacial score (nSPS) is 12.3. The number of hydrogen-bond acceptors (Lipinski definition) is 5. The SMILES string of the molecule is CCCCCCN(CC)CCn1c(C)nc2cc(/C=C/CN([O-])O)ccc21. The number of aryl methyl sites for hydroxylation is 1. The molecular formula is C21H33N4O2-. The standard InChI is InChI=1S/C21H33N4O2/c1-4-6-7-8-13-23(5-2)15-16-24-18(3)22-20-17-19(11-12-21(20)24)10-9-14-25(26)27/h9-12,17,26H,4-8,13-16H2,1-3H3/q-1/b10-9+. The molecule has 0 fully saturated rings. The number of likely N-dealkylation sites (N-methyl/N-ethyl adjacent to an activating group) is 1. The zero-order chi connectivity index (χ0) is 19.6. The number of hydrogen-bond donors (Lipinski definition) is 1. The van der Waals surface area contributed by atoms with Crippen LogP contribution in [0.15, 0.2) is 24.3 Å². The van der Waals surface area contributed by atoms with Crippen molar-refractivity contribution < 1.29 is 5.21 Å². The summed E-state index contributed by atoms with van der Waals surface area (Å²) < 4.78 is 2.28. The maximum absolute atomic E-state index is 10.5. The van der Waals surface area contributed by atoms with Gasteiger partial charge in [0.05, 0.1) is 11.0 Å². The van der Waals surface area contributed by atoms with E-state index in [1.807, 2.05) is 25.1 Å². The second-order valence-electron chi connectivity index (χ2n) is 6.99. The van der Waals surface area contributed by atoms with E-state index < -0.39 is 0 Å². The van der Waals surface area contributed by atoms with Gasteiger partial charge in [0, 0.05) is 19.6 Å². The third kappa shape index (κ3) is 6.74. The summed E-state index contributed by atoms with van der Waals surface area (Å²) in [6, 6.07) is 6.12. The molecule has 0 saturated carbocycles. The van der Waals surface area contributed by atoms with E-state index in [-0.39, 0.29) is 11.8 Å². The predicted octanol–water partition coefficient (Wildman–Crippen LogP) is 4.45. The summed E-state index contributed by atoms with van der Waals surface area (Å²) >= 11 is 0. The van der Waals surface area contributed by atoms with Gasteiger partial charge in [0.25, 0.3) is 0 Å². The molecule has 0 aliphatic carbocycles. The van der Waals surface area contributed by atoms with Gasteiger partial charge in [-0.05, 0) is 44.1 Å². The van der Waals surface area contributed by atoms with Crippen molar-refractivity contribution in [2.75, 3.05) is 26.2 Å². The average Bonchev–Trinajstić information content (AvgIpc) is 2.95. The molecule has 0 aliphatic heterocycles. The zero-order valence-corrected chi connectivity index (χ0v) is 16.9. The Morgan fingerprint density at radius 1 is 1.19 bits per heavy atom. The lowest BCUT2D eigenvalue weighted by Crippen LogP contribution is -2.28. The van der Waals surface area contributed by atoms with Crippen LogP contribution in [0.2, 0.25) is 0 Å². The van der Waals surface area contributed by atoms with Gasteiger partial charge in [0.1, 0.15) is 5.82 Å². The molecule has 0 aliphatic rings.